The number of carbonyl (C=O) groups is 2. The van der Waals surface area contributed by atoms with Crippen LogP contribution in [0.2, 0.25) is 0 Å². The minimum Gasteiger partial charge on any atom is -0.480 e. The summed E-state index contributed by atoms with van der Waals surface area (Å²) in [5.74, 6) is -1.25. The highest BCUT2D eigenvalue weighted by Crippen LogP contribution is 2.05. The van der Waals surface area contributed by atoms with Gasteiger partial charge in [-0.1, -0.05) is 26.0 Å². The first-order valence-electron chi connectivity index (χ1n) is 6.40. The fourth-order valence-corrected chi connectivity index (χ4v) is 1.69. The highest BCUT2D eigenvalue weighted by Gasteiger charge is 2.20. The number of nitrogens with one attached hydrogen (secondary N) is 2. The predicted octanol–water partition coefficient (Wildman–Crippen LogP) is 2.12. The van der Waals surface area contributed by atoms with Crippen LogP contribution in [0, 0.1) is 11.7 Å². The van der Waals surface area contributed by atoms with E-state index in [1.165, 1.54) is 12.1 Å². The van der Waals surface area contributed by atoms with Crippen molar-refractivity contribution < 1.29 is 19.1 Å². The second kappa shape index (κ2) is 7.47. The molecular weight excluding hydrogens is 263 g/mol. The monoisotopic (exact) mass is 282 g/mol. The number of carbonyl (C=O) groups excluding carboxylic acids is 1. The number of carboxylic acids is 1. The smallest absolute Gasteiger partial charge is 0.326 e. The van der Waals surface area contributed by atoms with Crippen LogP contribution in [0.25, 0.3) is 0 Å². The summed E-state index contributed by atoms with van der Waals surface area (Å²) in [7, 11) is 0. The van der Waals surface area contributed by atoms with Gasteiger partial charge in [0.05, 0.1) is 0 Å². The summed E-state index contributed by atoms with van der Waals surface area (Å²) in [4.78, 5) is 22.6. The summed E-state index contributed by atoms with van der Waals surface area (Å²) in [5.41, 5.74) is 0.734. The van der Waals surface area contributed by atoms with E-state index >= 15 is 0 Å². The van der Waals surface area contributed by atoms with E-state index in [0.717, 1.165) is 5.56 Å². The average molecular weight is 282 g/mol. The number of benzene rings is 1. The first-order chi connectivity index (χ1) is 9.38. The molecule has 0 fully saturated rings. The molecule has 3 N–H and O–H groups in total. The average Bonchev–Trinajstić information content (AvgIpc) is 2.36. The van der Waals surface area contributed by atoms with E-state index in [0.29, 0.717) is 6.42 Å². The molecule has 0 radical (unpaired) electrons. The first-order valence-corrected chi connectivity index (χ1v) is 6.40. The topological polar surface area (TPSA) is 78.4 Å². The molecule has 110 valence electrons. The van der Waals surface area contributed by atoms with Gasteiger partial charge in [-0.3, -0.25) is 0 Å². The van der Waals surface area contributed by atoms with Gasteiger partial charge < -0.3 is 15.7 Å². The Morgan fingerprint density at radius 1 is 1.25 bits per heavy atom. The second-order valence-electron chi connectivity index (χ2n) is 4.97. The zero-order valence-electron chi connectivity index (χ0n) is 11.5. The molecule has 1 rings (SSSR count). The molecule has 0 unspecified atom stereocenters. The van der Waals surface area contributed by atoms with Gasteiger partial charge in [0.15, 0.2) is 0 Å². The Hall–Kier alpha value is -2.11. The summed E-state index contributed by atoms with van der Waals surface area (Å²) in [6.07, 6.45) is 0.360. The van der Waals surface area contributed by atoms with Crippen molar-refractivity contribution >= 4 is 12.0 Å². The van der Waals surface area contributed by atoms with Crippen LogP contribution in [0.4, 0.5) is 9.18 Å². The Labute approximate surface area is 117 Å². The molecule has 0 bridgehead atoms. The van der Waals surface area contributed by atoms with Crippen LogP contribution >= 0.6 is 0 Å². The number of carboxylic acid groups (broad SMARTS) is 1. The van der Waals surface area contributed by atoms with Crippen LogP contribution < -0.4 is 10.6 Å². The van der Waals surface area contributed by atoms with Gasteiger partial charge in [-0.05, 0) is 30.0 Å². The van der Waals surface area contributed by atoms with Gasteiger partial charge in [0.1, 0.15) is 11.9 Å². The molecule has 0 aliphatic rings. The summed E-state index contributed by atoms with van der Waals surface area (Å²) < 4.78 is 12.7. The number of urea groups is 1. The van der Waals surface area contributed by atoms with Crippen LogP contribution in [-0.2, 0) is 11.3 Å². The van der Waals surface area contributed by atoms with Gasteiger partial charge in [0, 0.05) is 6.54 Å². The molecule has 0 spiro atoms. The molecule has 0 saturated carbocycles. The van der Waals surface area contributed by atoms with Crippen molar-refractivity contribution in [2.24, 2.45) is 5.92 Å². The molecule has 2 amide bonds. The van der Waals surface area contributed by atoms with Gasteiger partial charge in [-0.25, -0.2) is 14.0 Å². The normalized spacial score (nSPS) is 12.0. The third-order valence-corrected chi connectivity index (χ3v) is 2.68. The van der Waals surface area contributed by atoms with E-state index in [-0.39, 0.29) is 18.3 Å². The van der Waals surface area contributed by atoms with Gasteiger partial charge >= 0.3 is 12.0 Å². The summed E-state index contributed by atoms with van der Waals surface area (Å²) in [6, 6.07) is 4.24. The van der Waals surface area contributed by atoms with E-state index in [9.17, 15) is 14.0 Å². The number of hydrogen-bond donors (Lipinski definition) is 3. The quantitative estimate of drug-likeness (QED) is 0.748. The van der Waals surface area contributed by atoms with E-state index in [1.807, 2.05) is 13.8 Å². The molecule has 0 aromatic heterocycles. The predicted molar refractivity (Wildman–Crippen MR) is 72.7 cm³/mol. The fraction of sp³-hybridized carbons (Fsp3) is 0.429. The molecule has 0 heterocycles. The minimum absolute atomic E-state index is 0.161. The zero-order valence-corrected chi connectivity index (χ0v) is 11.5. The third-order valence-electron chi connectivity index (χ3n) is 2.68. The van der Waals surface area contributed by atoms with E-state index in [2.05, 4.69) is 10.6 Å². The molecule has 1 aromatic carbocycles. The van der Waals surface area contributed by atoms with Gasteiger partial charge in [-0.2, -0.15) is 0 Å². The van der Waals surface area contributed by atoms with Crippen LogP contribution in [0.1, 0.15) is 25.8 Å². The van der Waals surface area contributed by atoms with Gasteiger partial charge in [0.2, 0.25) is 0 Å². The van der Waals surface area contributed by atoms with Crippen molar-refractivity contribution in [2.45, 2.75) is 32.9 Å². The van der Waals surface area contributed by atoms with E-state index in [1.54, 1.807) is 12.1 Å². The van der Waals surface area contributed by atoms with Crippen LogP contribution in [-0.4, -0.2) is 23.1 Å². The van der Waals surface area contributed by atoms with E-state index in [4.69, 9.17) is 5.11 Å². The third kappa shape index (κ3) is 5.69. The lowest BCUT2D eigenvalue weighted by molar-refractivity contribution is -0.139. The maximum absolute atomic E-state index is 12.7. The van der Waals surface area contributed by atoms with Crippen molar-refractivity contribution in [1.29, 1.82) is 0 Å². The number of aliphatic carboxylic acids is 1. The molecule has 1 aromatic rings. The Kier molecular flexibility index (Phi) is 5.96. The summed E-state index contributed by atoms with van der Waals surface area (Å²) >= 11 is 0. The maximum atomic E-state index is 12.7. The molecular formula is C14H19FN2O3. The fourth-order valence-electron chi connectivity index (χ4n) is 1.69. The standard InChI is InChI=1S/C14H19FN2O3/c1-9(2)7-12(13(18)19)17-14(20)16-8-10-3-5-11(15)6-4-10/h3-6,9,12H,7-8H2,1-2H3,(H,18,19)(H2,16,17,20)/t12-/m1/s1. The highest BCUT2D eigenvalue weighted by molar-refractivity contribution is 5.82. The lowest BCUT2D eigenvalue weighted by Gasteiger charge is -2.16. The van der Waals surface area contributed by atoms with Crippen LogP contribution in [0.3, 0.4) is 0 Å². The number of rotatable bonds is 6. The van der Waals surface area contributed by atoms with Gasteiger partial charge in [-0.15, -0.1) is 0 Å². The SMILES string of the molecule is CC(C)C[C@@H](NC(=O)NCc1ccc(F)cc1)C(=O)O. The van der Waals surface area contributed by atoms with Crippen molar-refractivity contribution in [1.82, 2.24) is 10.6 Å². The lowest BCUT2D eigenvalue weighted by Crippen LogP contribution is -2.46. The van der Waals surface area contributed by atoms with Crippen molar-refractivity contribution in [2.75, 3.05) is 0 Å². The number of amides is 2. The molecule has 5 nitrogen and oxygen atoms in total. The lowest BCUT2D eigenvalue weighted by atomic mass is 10.0. The van der Waals surface area contributed by atoms with Crippen LogP contribution in [0.5, 0.6) is 0 Å². The summed E-state index contributed by atoms with van der Waals surface area (Å²) in [6.45, 7) is 3.97. The van der Waals surface area contributed by atoms with E-state index < -0.39 is 18.0 Å². The maximum Gasteiger partial charge on any atom is 0.326 e. The summed E-state index contributed by atoms with van der Waals surface area (Å²) in [5, 5.41) is 13.9. The molecule has 0 aliphatic carbocycles. The molecule has 0 saturated heterocycles. The van der Waals surface area contributed by atoms with Crippen molar-refractivity contribution in [3.63, 3.8) is 0 Å². The van der Waals surface area contributed by atoms with Crippen molar-refractivity contribution in [3.8, 4) is 0 Å². The number of halogens is 1. The Morgan fingerprint density at radius 3 is 2.35 bits per heavy atom. The van der Waals surface area contributed by atoms with Crippen LogP contribution in [0.15, 0.2) is 24.3 Å². The largest absolute Gasteiger partial charge is 0.480 e. The highest BCUT2D eigenvalue weighted by atomic mass is 19.1. The molecule has 20 heavy (non-hydrogen) atoms. The number of hydrogen-bond acceptors (Lipinski definition) is 2. The second-order valence-corrected chi connectivity index (χ2v) is 4.97. The first kappa shape index (κ1) is 15.9. The Bertz CT molecular complexity index is 460. The zero-order chi connectivity index (χ0) is 15.1. The Morgan fingerprint density at radius 2 is 1.85 bits per heavy atom. The Balaban J connectivity index is 2.45. The minimum atomic E-state index is -1.06. The van der Waals surface area contributed by atoms with Gasteiger partial charge in [0.25, 0.3) is 0 Å². The van der Waals surface area contributed by atoms with Crippen molar-refractivity contribution in [3.05, 3.63) is 35.6 Å². The molecule has 0 aliphatic heterocycles. The molecule has 1 atom stereocenters. The molecule has 6 heteroatoms.